The van der Waals surface area contributed by atoms with Crippen molar-refractivity contribution in [3.63, 3.8) is 0 Å². The maximum absolute atomic E-state index is 4.44. The van der Waals surface area contributed by atoms with Crippen molar-refractivity contribution in [2.24, 2.45) is 5.10 Å². The molecule has 1 N–H and O–H groups in total. The van der Waals surface area contributed by atoms with E-state index in [-0.39, 0.29) is 0 Å². The minimum absolute atomic E-state index is 0.779. The number of benzene rings is 4. The van der Waals surface area contributed by atoms with Crippen LogP contribution in [-0.4, -0.2) is 6.21 Å². The van der Waals surface area contributed by atoms with Crippen LogP contribution in [0, 0.1) is 0 Å². The van der Waals surface area contributed by atoms with E-state index in [0.717, 1.165) is 16.8 Å². The fourth-order valence-corrected chi connectivity index (χ4v) is 3.07. The van der Waals surface area contributed by atoms with Crippen molar-refractivity contribution in [1.29, 1.82) is 0 Å². The lowest BCUT2D eigenvalue weighted by Gasteiger charge is -2.08. The second kappa shape index (κ2) is 8.81. The maximum atomic E-state index is 4.44. The predicted molar refractivity (Wildman–Crippen MR) is 119 cm³/mol. The van der Waals surface area contributed by atoms with E-state index in [2.05, 4.69) is 71.7 Å². The Balaban J connectivity index is 0.00000102. The molecular formula is C25H24N2. The molecule has 0 amide bonds. The molecule has 27 heavy (non-hydrogen) atoms. The standard InChI is InChI=1S/C23H18N2.C2H6/c1-17(18-9-3-2-4-10-18)25-24-16-23-21-13-7-5-11-19(21)15-20-12-6-8-14-22(20)23;1-2/h2-16,25H,1H2;1-2H3/b24-16+;. The molecule has 4 aromatic carbocycles. The van der Waals surface area contributed by atoms with Gasteiger partial charge < -0.3 is 0 Å². The van der Waals surface area contributed by atoms with E-state index in [1.165, 1.54) is 21.5 Å². The van der Waals surface area contributed by atoms with Crippen LogP contribution in [0.2, 0.25) is 0 Å². The van der Waals surface area contributed by atoms with E-state index in [1.807, 2.05) is 50.4 Å². The summed E-state index contributed by atoms with van der Waals surface area (Å²) < 4.78 is 0. The Bertz CT molecular complexity index is 1030. The molecule has 0 saturated carbocycles. The summed E-state index contributed by atoms with van der Waals surface area (Å²) in [5.74, 6) is 0. The van der Waals surface area contributed by atoms with Gasteiger partial charge in [-0.3, -0.25) is 5.43 Å². The first-order chi connectivity index (χ1) is 13.3. The van der Waals surface area contributed by atoms with Crippen LogP contribution in [0.3, 0.4) is 0 Å². The third-order valence-corrected chi connectivity index (χ3v) is 4.33. The topological polar surface area (TPSA) is 24.4 Å². The number of rotatable bonds is 4. The summed E-state index contributed by atoms with van der Waals surface area (Å²) in [6.45, 7) is 8.06. The van der Waals surface area contributed by atoms with Gasteiger partial charge in [0.2, 0.25) is 0 Å². The van der Waals surface area contributed by atoms with E-state index in [1.54, 1.807) is 0 Å². The Morgan fingerprint density at radius 1 is 0.778 bits per heavy atom. The third-order valence-electron chi connectivity index (χ3n) is 4.33. The van der Waals surface area contributed by atoms with Gasteiger partial charge in [-0.15, -0.1) is 0 Å². The largest absolute Gasteiger partial charge is 0.278 e. The maximum Gasteiger partial charge on any atom is 0.0562 e. The molecule has 2 nitrogen and oxygen atoms in total. The minimum Gasteiger partial charge on any atom is -0.278 e. The van der Waals surface area contributed by atoms with Crippen LogP contribution in [0.1, 0.15) is 25.0 Å². The van der Waals surface area contributed by atoms with Crippen LogP contribution < -0.4 is 5.43 Å². The molecule has 0 aromatic heterocycles. The summed E-state index contributed by atoms with van der Waals surface area (Å²) in [4.78, 5) is 0. The molecule has 2 heteroatoms. The fraction of sp³-hybridized carbons (Fsp3) is 0.0800. The SMILES string of the molecule is C=C(N/N=C/c1c2ccccc2cc2ccccc12)c1ccccc1.CC. The molecule has 4 aromatic rings. The molecule has 0 fully saturated rings. The predicted octanol–water partition coefficient (Wildman–Crippen LogP) is 6.61. The van der Waals surface area contributed by atoms with Gasteiger partial charge in [0.15, 0.2) is 0 Å². The Morgan fingerprint density at radius 3 is 1.89 bits per heavy atom. The molecule has 0 radical (unpaired) electrons. The lowest BCUT2D eigenvalue weighted by molar-refractivity contribution is 1.00. The third kappa shape index (κ3) is 4.06. The zero-order chi connectivity index (χ0) is 19.1. The summed E-state index contributed by atoms with van der Waals surface area (Å²) in [6, 6.07) is 29.0. The van der Waals surface area contributed by atoms with Gasteiger partial charge in [-0.05, 0) is 33.2 Å². The second-order valence-corrected chi connectivity index (χ2v) is 5.95. The highest BCUT2D eigenvalue weighted by atomic mass is 15.3. The first-order valence-electron chi connectivity index (χ1n) is 9.27. The van der Waals surface area contributed by atoms with Gasteiger partial charge in [-0.1, -0.05) is 99.3 Å². The number of nitrogens with one attached hydrogen (secondary N) is 1. The highest BCUT2D eigenvalue weighted by molar-refractivity contribution is 6.13. The van der Waals surface area contributed by atoms with Crippen LogP contribution in [0.15, 0.2) is 96.6 Å². The normalized spacial score (nSPS) is 10.6. The Morgan fingerprint density at radius 2 is 1.30 bits per heavy atom. The molecule has 0 aliphatic rings. The zero-order valence-electron chi connectivity index (χ0n) is 15.8. The van der Waals surface area contributed by atoms with Gasteiger partial charge in [0.25, 0.3) is 0 Å². The summed E-state index contributed by atoms with van der Waals surface area (Å²) in [7, 11) is 0. The van der Waals surface area contributed by atoms with Crippen molar-refractivity contribution in [2.45, 2.75) is 13.8 Å². The Labute approximate surface area is 160 Å². The smallest absolute Gasteiger partial charge is 0.0562 e. The van der Waals surface area contributed by atoms with Crippen molar-refractivity contribution in [3.8, 4) is 0 Å². The first kappa shape index (κ1) is 18.4. The molecule has 0 saturated heterocycles. The van der Waals surface area contributed by atoms with E-state index < -0.39 is 0 Å². The first-order valence-corrected chi connectivity index (χ1v) is 9.27. The number of hydrazone groups is 1. The van der Waals surface area contributed by atoms with Crippen molar-refractivity contribution in [3.05, 3.63) is 103 Å². The number of fused-ring (bicyclic) bond motifs is 2. The summed E-state index contributed by atoms with van der Waals surface area (Å²) in [6.07, 6.45) is 1.89. The molecule has 0 unspecified atom stereocenters. The average Bonchev–Trinajstić information content (AvgIpc) is 2.75. The highest BCUT2D eigenvalue weighted by Crippen LogP contribution is 2.27. The average molecular weight is 352 g/mol. The van der Waals surface area contributed by atoms with Gasteiger partial charge in [0, 0.05) is 5.56 Å². The minimum atomic E-state index is 0.779. The molecule has 4 rings (SSSR count). The van der Waals surface area contributed by atoms with Gasteiger partial charge >= 0.3 is 0 Å². The van der Waals surface area contributed by atoms with Gasteiger partial charge in [0.05, 0.1) is 11.9 Å². The number of hydrogen-bond acceptors (Lipinski definition) is 2. The highest BCUT2D eigenvalue weighted by Gasteiger charge is 2.05. The molecule has 0 atom stereocenters. The zero-order valence-corrected chi connectivity index (χ0v) is 15.8. The molecule has 0 aliphatic carbocycles. The van der Waals surface area contributed by atoms with Crippen molar-refractivity contribution >= 4 is 33.5 Å². The van der Waals surface area contributed by atoms with Crippen LogP contribution in [-0.2, 0) is 0 Å². The summed E-state index contributed by atoms with van der Waals surface area (Å²) >= 11 is 0. The van der Waals surface area contributed by atoms with Crippen LogP contribution in [0.25, 0.3) is 27.2 Å². The number of hydrogen-bond donors (Lipinski definition) is 1. The Kier molecular flexibility index (Phi) is 6.01. The molecule has 0 bridgehead atoms. The van der Waals surface area contributed by atoms with Crippen molar-refractivity contribution < 1.29 is 0 Å². The second-order valence-electron chi connectivity index (χ2n) is 5.95. The van der Waals surface area contributed by atoms with Crippen molar-refractivity contribution in [2.75, 3.05) is 0 Å². The van der Waals surface area contributed by atoms with E-state index in [4.69, 9.17) is 0 Å². The summed E-state index contributed by atoms with van der Waals surface area (Å²) in [5, 5.41) is 9.25. The van der Waals surface area contributed by atoms with Crippen LogP contribution in [0.5, 0.6) is 0 Å². The van der Waals surface area contributed by atoms with Gasteiger partial charge in [-0.2, -0.15) is 5.10 Å². The van der Waals surface area contributed by atoms with Crippen molar-refractivity contribution in [1.82, 2.24) is 5.43 Å². The van der Waals surface area contributed by atoms with E-state index >= 15 is 0 Å². The Hall–Kier alpha value is -3.39. The van der Waals surface area contributed by atoms with Gasteiger partial charge in [0.1, 0.15) is 0 Å². The van der Waals surface area contributed by atoms with E-state index in [9.17, 15) is 0 Å². The van der Waals surface area contributed by atoms with Gasteiger partial charge in [-0.25, -0.2) is 0 Å². The van der Waals surface area contributed by atoms with Crippen LogP contribution in [0.4, 0.5) is 0 Å². The molecule has 134 valence electrons. The number of nitrogens with zero attached hydrogens (tertiary/aromatic N) is 1. The van der Waals surface area contributed by atoms with Crippen LogP contribution >= 0.6 is 0 Å². The lowest BCUT2D eigenvalue weighted by Crippen LogP contribution is -2.03. The fourth-order valence-electron chi connectivity index (χ4n) is 3.07. The molecule has 0 spiro atoms. The molecule has 0 aliphatic heterocycles. The summed E-state index contributed by atoms with van der Waals surface area (Å²) in [5.41, 5.74) is 5.97. The lowest BCUT2D eigenvalue weighted by atomic mass is 9.97. The quantitative estimate of drug-likeness (QED) is 0.249. The van der Waals surface area contributed by atoms with E-state index in [0.29, 0.717) is 0 Å². The molecular weight excluding hydrogens is 328 g/mol. The monoisotopic (exact) mass is 352 g/mol. The molecule has 0 heterocycles.